The lowest BCUT2D eigenvalue weighted by molar-refractivity contribution is 0.672. The van der Waals surface area contributed by atoms with Gasteiger partial charge in [0.15, 0.2) is 0 Å². The lowest BCUT2D eigenvalue weighted by atomic mass is 10.2. The van der Waals surface area contributed by atoms with Gasteiger partial charge in [0.25, 0.3) is 0 Å². The minimum absolute atomic E-state index is 0.684. The highest BCUT2D eigenvalue weighted by atomic mass is 32.2. The van der Waals surface area contributed by atoms with Crippen molar-refractivity contribution in [3.63, 3.8) is 0 Å². The Bertz CT molecular complexity index is 287. The Labute approximate surface area is 94.3 Å². The van der Waals surface area contributed by atoms with Gasteiger partial charge in [-0.05, 0) is 24.9 Å². The van der Waals surface area contributed by atoms with Crippen LogP contribution in [0.4, 0.5) is 0 Å². The molecule has 0 amide bonds. The highest BCUT2D eigenvalue weighted by molar-refractivity contribution is 7.84. The Morgan fingerprint density at radius 3 is 2.47 bits per heavy atom. The van der Waals surface area contributed by atoms with Crippen LogP contribution in [0.3, 0.4) is 0 Å². The third-order valence-corrected chi connectivity index (χ3v) is 3.65. The summed E-state index contributed by atoms with van der Waals surface area (Å²) in [6.45, 7) is 0.741. The van der Waals surface area contributed by atoms with Crippen LogP contribution in [-0.2, 0) is 16.6 Å². The van der Waals surface area contributed by atoms with Crippen molar-refractivity contribution < 1.29 is 4.21 Å². The fourth-order valence-electron chi connectivity index (χ4n) is 1.42. The molecule has 1 aromatic rings. The molecule has 0 aliphatic heterocycles. The molecule has 0 saturated heterocycles. The van der Waals surface area contributed by atoms with Crippen LogP contribution in [0.15, 0.2) is 30.3 Å². The summed E-state index contributed by atoms with van der Waals surface area (Å²) in [6, 6.07) is 10.0. The van der Waals surface area contributed by atoms with Crippen molar-refractivity contribution in [1.82, 2.24) is 0 Å². The number of hydrogen-bond acceptors (Lipinski definition) is 2. The number of hydrogen-bond donors (Lipinski definition) is 1. The standard InChI is InChI=1S/C12H19NOS/c13-9-5-2-6-10-15(14)11-12-7-3-1-4-8-12/h1,3-4,7-8H,2,5-6,9-11,13H2. The van der Waals surface area contributed by atoms with Crippen molar-refractivity contribution in [2.75, 3.05) is 12.3 Å². The minimum atomic E-state index is -0.715. The van der Waals surface area contributed by atoms with Gasteiger partial charge >= 0.3 is 0 Å². The normalized spacial score (nSPS) is 12.6. The Balaban J connectivity index is 2.19. The molecule has 1 aromatic carbocycles. The molecule has 2 N–H and O–H groups in total. The number of rotatable bonds is 7. The monoisotopic (exact) mass is 225 g/mol. The summed E-state index contributed by atoms with van der Waals surface area (Å²) in [6.07, 6.45) is 3.16. The van der Waals surface area contributed by atoms with Gasteiger partial charge in [0.2, 0.25) is 0 Å². The Morgan fingerprint density at radius 1 is 1.07 bits per heavy atom. The van der Waals surface area contributed by atoms with Gasteiger partial charge in [0, 0.05) is 22.3 Å². The fourth-order valence-corrected chi connectivity index (χ4v) is 2.65. The van der Waals surface area contributed by atoms with E-state index in [9.17, 15) is 4.21 Å². The second-order valence-corrected chi connectivity index (χ2v) is 5.20. The molecule has 0 aromatic heterocycles. The first-order valence-electron chi connectivity index (χ1n) is 5.42. The molecule has 0 saturated carbocycles. The summed E-state index contributed by atoms with van der Waals surface area (Å²) >= 11 is 0. The van der Waals surface area contributed by atoms with E-state index < -0.39 is 10.8 Å². The van der Waals surface area contributed by atoms with E-state index in [1.165, 1.54) is 0 Å². The van der Waals surface area contributed by atoms with Gasteiger partial charge in [0.1, 0.15) is 0 Å². The third kappa shape index (κ3) is 5.70. The average molecular weight is 225 g/mol. The smallest absolute Gasteiger partial charge is 0.0485 e. The zero-order valence-corrected chi connectivity index (χ0v) is 9.84. The van der Waals surface area contributed by atoms with Crippen molar-refractivity contribution in [1.29, 1.82) is 0 Å². The van der Waals surface area contributed by atoms with Crippen molar-refractivity contribution in [3.05, 3.63) is 35.9 Å². The Kier molecular flexibility index (Phi) is 6.28. The van der Waals surface area contributed by atoms with Crippen LogP contribution < -0.4 is 5.73 Å². The molecular weight excluding hydrogens is 206 g/mol. The van der Waals surface area contributed by atoms with Crippen LogP contribution in [0, 0.1) is 0 Å². The van der Waals surface area contributed by atoms with Gasteiger partial charge in [-0.25, -0.2) is 0 Å². The zero-order valence-electron chi connectivity index (χ0n) is 9.02. The zero-order chi connectivity index (χ0) is 10.9. The number of nitrogens with two attached hydrogens (primary N) is 1. The molecule has 0 aliphatic rings. The quantitative estimate of drug-likeness (QED) is 0.722. The Morgan fingerprint density at radius 2 is 1.80 bits per heavy atom. The molecule has 1 atom stereocenters. The molecule has 0 heterocycles. The molecule has 0 radical (unpaired) electrons. The lowest BCUT2D eigenvalue weighted by Crippen LogP contribution is -2.03. The summed E-state index contributed by atoms with van der Waals surface area (Å²) in [4.78, 5) is 0. The fraction of sp³-hybridized carbons (Fsp3) is 0.500. The molecule has 2 nitrogen and oxygen atoms in total. The molecule has 1 unspecified atom stereocenters. The summed E-state index contributed by atoms with van der Waals surface area (Å²) in [5.74, 6) is 1.48. The van der Waals surface area contributed by atoms with Crippen molar-refractivity contribution in [2.45, 2.75) is 25.0 Å². The van der Waals surface area contributed by atoms with E-state index in [4.69, 9.17) is 5.73 Å². The number of benzene rings is 1. The first-order chi connectivity index (χ1) is 7.33. The molecule has 3 heteroatoms. The van der Waals surface area contributed by atoms with Gasteiger partial charge in [-0.15, -0.1) is 0 Å². The largest absolute Gasteiger partial charge is 0.330 e. The average Bonchev–Trinajstić information content (AvgIpc) is 2.26. The van der Waals surface area contributed by atoms with E-state index in [0.717, 1.165) is 37.1 Å². The maximum Gasteiger partial charge on any atom is 0.0485 e. The van der Waals surface area contributed by atoms with Crippen LogP contribution in [0.2, 0.25) is 0 Å². The highest BCUT2D eigenvalue weighted by Gasteiger charge is 2.00. The maximum atomic E-state index is 11.7. The van der Waals surface area contributed by atoms with Gasteiger partial charge in [-0.1, -0.05) is 36.8 Å². The first kappa shape index (κ1) is 12.4. The molecule has 0 bridgehead atoms. The third-order valence-electron chi connectivity index (χ3n) is 2.25. The van der Waals surface area contributed by atoms with Crippen molar-refractivity contribution in [3.8, 4) is 0 Å². The van der Waals surface area contributed by atoms with E-state index in [1.807, 2.05) is 30.3 Å². The predicted octanol–water partition coefficient (Wildman–Crippen LogP) is 2.06. The molecule has 84 valence electrons. The van der Waals surface area contributed by atoms with Crippen LogP contribution in [0.5, 0.6) is 0 Å². The van der Waals surface area contributed by atoms with Gasteiger partial charge in [-0.3, -0.25) is 4.21 Å². The molecule has 0 fully saturated rings. The van der Waals surface area contributed by atoms with Crippen molar-refractivity contribution >= 4 is 10.8 Å². The lowest BCUT2D eigenvalue weighted by Gasteiger charge is -2.02. The molecule has 0 aliphatic carbocycles. The molecule has 1 rings (SSSR count). The van der Waals surface area contributed by atoms with Crippen LogP contribution in [-0.4, -0.2) is 16.5 Å². The minimum Gasteiger partial charge on any atom is -0.330 e. The summed E-state index contributed by atoms with van der Waals surface area (Å²) in [5.41, 5.74) is 6.55. The van der Waals surface area contributed by atoms with Gasteiger partial charge in [-0.2, -0.15) is 0 Å². The second-order valence-electron chi connectivity index (χ2n) is 3.62. The van der Waals surface area contributed by atoms with E-state index in [1.54, 1.807) is 0 Å². The van der Waals surface area contributed by atoms with Gasteiger partial charge < -0.3 is 5.73 Å². The van der Waals surface area contributed by atoms with E-state index in [-0.39, 0.29) is 0 Å². The summed E-state index contributed by atoms with van der Waals surface area (Å²) in [5, 5.41) is 0. The maximum absolute atomic E-state index is 11.7. The second kappa shape index (κ2) is 7.60. The van der Waals surface area contributed by atoms with Gasteiger partial charge in [0.05, 0.1) is 0 Å². The summed E-state index contributed by atoms with van der Waals surface area (Å²) in [7, 11) is -0.715. The van der Waals surface area contributed by atoms with Crippen LogP contribution >= 0.6 is 0 Å². The van der Waals surface area contributed by atoms with E-state index in [2.05, 4.69) is 0 Å². The summed E-state index contributed by atoms with van der Waals surface area (Å²) < 4.78 is 11.7. The Hall–Kier alpha value is -0.670. The molecule has 15 heavy (non-hydrogen) atoms. The van der Waals surface area contributed by atoms with E-state index >= 15 is 0 Å². The van der Waals surface area contributed by atoms with Crippen LogP contribution in [0.25, 0.3) is 0 Å². The van der Waals surface area contributed by atoms with E-state index in [0.29, 0.717) is 5.75 Å². The first-order valence-corrected chi connectivity index (χ1v) is 6.90. The predicted molar refractivity (Wildman–Crippen MR) is 66.1 cm³/mol. The SMILES string of the molecule is NCCCCCS(=O)Cc1ccccc1. The topological polar surface area (TPSA) is 43.1 Å². The van der Waals surface area contributed by atoms with Crippen LogP contribution in [0.1, 0.15) is 24.8 Å². The number of unbranched alkanes of at least 4 members (excludes halogenated alkanes) is 2. The highest BCUT2D eigenvalue weighted by Crippen LogP contribution is 2.05. The molecule has 0 spiro atoms. The van der Waals surface area contributed by atoms with Crippen molar-refractivity contribution in [2.24, 2.45) is 5.73 Å². The molecular formula is C12H19NOS.